The third kappa shape index (κ3) is 6.83. The van der Waals surface area contributed by atoms with Gasteiger partial charge >= 0.3 is 0 Å². The van der Waals surface area contributed by atoms with Crippen molar-refractivity contribution in [3.8, 4) is 0 Å². The highest BCUT2D eigenvalue weighted by atomic mass is 16.5. The van der Waals surface area contributed by atoms with Crippen LogP contribution in [-0.4, -0.2) is 47.9 Å². The molecule has 0 saturated carbocycles. The van der Waals surface area contributed by atoms with Gasteiger partial charge in [0.15, 0.2) is 0 Å². The lowest BCUT2D eigenvalue weighted by molar-refractivity contribution is -0.142. The van der Waals surface area contributed by atoms with E-state index in [-0.39, 0.29) is 24.9 Å². The average Bonchev–Trinajstić information content (AvgIpc) is 2.89. The molecule has 8 heteroatoms. The number of amides is 2. The molecule has 0 aliphatic carbocycles. The summed E-state index contributed by atoms with van der Waals surface area (Å²) >= 11 is 0. The van der Waals surface area contributed by atoms with Gasteiger partial charge < -0.3 is 20.3 Å². The van der Waals surface area contributed by atoms with E-state index in [0.29, 0.717) is 43.0 Å². The molecule has 2 aromatic carbocycles. The first kappa shape index (κ1) is 27.0. The number of benzene rings is 2. The number of aromatic nitrogens is 1. The monoisotopic (exact) mass is 514 g/mol. The van der Waals surface area contributed by atoms with Gasteiger partial charge in [0.25, 0.3) is 0 Å². The molecule has 0 atom stereocenters. The van der Waals surface area contributed by atoms with Gasteiger partial charge in [-0.2, -0.15) is 0 Å². The van der Waals surface area contributed by atoms with E-state index in [0.717, 1.165) is 28.8 Å². The largest absolute Gasteiger partial charge is 0.361 e. The average molecular weight is 515 g/mol. The number of carbonyl (C=O) groups is 3. The first-order valence-corrected chi connectivity index (χ1v) is 12.7. The molecule has 1 aliphatic rings. The minimum absolute atomic E-state index is 0.131. The van der Waals surface area contributed by atoms with Crippen LogP contribution in [0, 0.1) is 5.41 Å². The van der Waals surface area contributed by atoms with Crippen LogP contribution in [0.4, 0.5) is 11.5 Å². The molecular formula is C30H34N4O4. The van der Waals surface area contributed by atoms with Crippen molar-refractivity contribution in [3.05, 3.63) is 88.6 Å². The number of anilines is 2. The van der Waals surface area contributed by atoms with E-state index in [4.69, 9.17) is 4.74 Å². The zero-order valence-electron chi connectivity index (χ0n) is 22.1. The highest BCUT2D eigenvalue weighted by molar-refractivity contribution is 5.95. The number of aldehydes is 1. The standard InChI is InChI=1S/C30H34N4O4/c1-30(2,3)29(37)34(17-24-7-4-5-8-25(24)19-35)18-27(36)33-26-11-10-21-15-23-9-6-13-31-28(23)32-20-38-14-12-22(21)16-26/h4-11,13,16,19H,12,14-15,17-18,20H2,1-3H3,(H,31,32)(H,33,36). The van der Waals surface area contributed by atoms with Crippen molar-refractivity contribution >= 4 is 29.6 Å². The van der Waals surface area contributed by atoms with Crippen LogP contribution in [0.15, 0.2) is 60.8 Å². The number of rotatable bonds is 6. The number of ether oxygens (including phenoxy) is 1. The van der Waals surface area contributed by atoms with E-state index in [1.165, 1.54) is 4.90 Å². The molecule has 0 spiro atoms. The zero-order valence-corrected chi connectivity index (χ0v) is 22.1. The SMILES string of the molecule is CC(C)(C)C(=O)N(CC(=O)Nc1ccc2c(c1)CCOCNc1ncccc1C2)Cc1ccccc1C=O. The topological polar surface area (TPSA) is 101 Å². The second-order valence-electron chi connectivity index (χ2n) is 10.4. The summed E-state index contributed by atoms with van der Waals surface area (Å²) in [5.41, 5.74) is 4.47. The van der Waals surface area contributed by atoms with Gasteiger partial charge in [0.1, 0.15) is 25.4 Å². The third-order valence-electron chi connectivity index (χ3n) is 6.43. The summed E-state index contributed by atoms with van der Waals surface area (Å²) in [6, 6.07) is 16.9. The molecule has 0 bridgehead atoms. The number of nitrogens with zero attached hydrogens (tertiary/aromatic N) is 2. The Kier molecular flexibility index (Phi) is 8.53. The highest BCUT2D eigenvalue weighted by Gasteiger charge is 2.29. The second-order valence-corrected chi connectivity index (χ2v) is 10.4. The summed E-state index contributed by atoms with van der Waals surface area (Å²) in [6.07, 6.45) is 3.94. The second kappa shape index (κ2) is 12.0. The Morgan fingerprint density at radius 2 is 1.89 bits per heavy atom. The van der Waals surface area contributed by atoms with Crippen molar-refractivity contribution in [3.63, 3.8) is 0 Å². The van der Waals surface area contributed by atoms with Gasteiger partial charge in [0, 0.05) is 35.8 Å². The molecule has 0 unspecified atom stereocenters. The van der Waals surface area contributed by atoms with E-state index in [1.807, 2.05) is 57.2 Å². The summed E-state index contributed by atoms with van der Waals surface area (Å²) < 4.78 is 5.72. The maximum atomic E-state index is 13.2. The predicted molar refractivity (Wildman–Crippen MR) is 147 cm³/mol. The molecule has 1 aromatic heterocycles. The minimum atomic E-state index is -0.684. The summed E-state index contributed by atoms with van der Waals surface area (Å²) in [5, 5.41) is 6.18. The Hall–Kier alpha value is -4.04. The molecule has 8 nitrogen and oxygen atoms in total. The van der Waals surface area contributed by atoms with Crippen molar-refractivity contribution in [2.45, 2.75) is 40.2 Å². The molecule has 2 N–H and O–H groups in total. The molecule has 0 radical (unpaired) electrons. The van der Waals surface area contributed by atoms with Crippen LogP contribution in [0.3, 0.4) is 0 Å². The maximum absolute atomic E-state index is 13.2. The number of nitrogens with one attached hydrogen (secondary N) is 2. The van der Waals surface area contributed by atoms with Gasteiger partial charge in [-0.1, -0.05) is 57.2 Å². The summed E-state index contributed by atoms with van der Waals surface area (Å²) in [6.45, 7) is 6.39. The molecule has 2 heterocycles. The number of pyridine rings is 1. The quantitative estimate of drug-likeness (QED) is 0.472. The molecule has 0 saturated heterocycles. The lowest BCUT2D eigenvalue weighted by Crippen LogP contribution is -2.43. The lowest BCUT2D eigenvalue weighted by atomic mass is 9.94. The van der Waals surface area contributed by atoms with Crippen LogP contribution < -0.4 is 10.6 Å². The molecular weight excluding hydrogens is 480 g/mol. The Labute approximate surface area is 223 Å². The van der Waals surface area contributed by atoms with Crippen molar-refractivity contribution < 1.29 is 19.1 Å². The van der Waals surface area contributed by atoms with Crippen molar-refractivity contribution in [1.29, 1.82) is 0 Å². The summed E-state index contributed by atoms with van der Waals surface area (Å²) in [4.78, 5) is 43.8. The number of hydrogen-bond donors (Lipinski definition) is 2. The normalized spacial score (nSPS) is 13.3. The van der Waals surface area contributed by atoms with Crippen LogP contribution >= 0.6 is 0 Å². The smallest absolute Gasteiger partial charge is 0.244 e. The van der Waals surface area contributed by atoms with Gasteiger partial charge in [0.05, 0.1) is 6.61 Å². The van der Waals surface area contributed by atoms with Crippen molar-refractivity contribution in [2.75, 3.05) is 30.5 Å². The minimum Gasteiger partial charge on any atom is -0.361 e. The Morgan fingerprint density at radius 1 is 1.08 bits per heavy atom. The molecule has 4 rings (SSSR count). The summed E-state index contributed by atoms with van der Waals surface area (Å²) in [5.74, 6) is 0.329. The maximum Gasteiger partial charge on any atom is 0.244 e. The Morgan fingerprint density at radius 3 is 2.68 bits per heavy atom. The van der Waals surface area contributed by atoms with Crippen LogP contribution in [0.5, 0.6) is 0 Å². The molecule has 3 aromatic rings. The molecule has 198 valence electrons. The first-order valence-electron chi connectivity index (χ1n) is 12.7. The summed E-state index contributed by atoms with van der Waals surface area (Å²) in [7, 11) is 0. The molecule has 38 heavy (non-hydrogen) atoms. The van der Waals surface area contributed by atoms with Crippen LogP contribution in [-0.2, 0) is 33.7 Å². The third-order valence-corrected chi connectivity index (χ3v) is 6.43. The van der Waals surface area contributed by atoms with Crippen molar-refractivity contribution in [2.24, 2.45) is 5.41 Å². The fourth-order valence-corrected chi connectivity index (χ4v) is 4.47. The zero-order chi connectivity index (χ0) is 27.1. The Balaban J connectivity index is 1.52. The van der Waals surface area contributed by atoms with Gasteiger partial charge in [-0.15, -0.1) is 0 Å². The molecule has 1 aliphatic heterocycles. The van der Waals surface area contributed by atoms with E-state index < -0.39 is 5.41 Å². The predicted octanol–water partition coefficient (Wildman–Crippen LogP) is 4.44. The fourth-order valence-electron chi connectivity index (χ4n) is 4.47. The van der Waals surface area contributed by atoms with E-state index in [9.17, 15) is 14.4 Å². The van der Waals surface area contributed by atoms with Gasteiger partial charge in [-0.25, -0.2) is 4.98 Å². The number of fused-ring (bicyclic) bond motifs is 2. The lowest BCUT2D eigenvalue weighted by Gasteiger charge is -2.29. The van der Waals surface area contributed by atoms with E-state index in [1.54, 1.807) is 24.4 Å². The van der Waals surface area contributed by atoms with Crippen LogP contribution in [0.25, 0.3) is 0 Å². The van der Waals surface area contributed by atoms with Gasteiger partial charge in [-0.05, 0) is 46.9 Å². The molecule has 0 fully saturated rings. The van der Waals surface area contributed by atoms with E-state index >= 15 is 0 Å². The van der Waals surface area contributed by atoms with Gasteiger partial charge in [0.2, 0.25) is 11.8 Å². The fraction of sp³-hybridized carbons (Fsp3) is 0.333. The number of hydrogen-bond acceptors (Lipinski definition) is 6. The van der Waals surface area contributed by atoms with Crippen molar-refractivity contribution in [1.82, 2.24) is 9.88 Å². The van der Waals surface area contributed by atoms with Crippen LogP contribution in [0.1, 0.15) is 53.4 Å². The molecule has 2 amide bonds. The first-order chi connectivity index (χ1) is 18.2. The van der Waals surface area contributed by atoms with Crippen LogP contribution in [0.2, 0.25) is 0 Å². The Bertz CT molecular complexity index is 1320. The van der Waals surface area contributed by atoms with Gasteiger partial charge in [-0.3, -0.25) is 14.4 Å². The van der Waals surface area contributed by atoms with E-state index in [2.05, 4.69) is 15.6 Å². The number of carbonyl (C=O) groups excluding carboxylic acids is 3. The highest BCUT2D eigenvalue weighted by Crippen LogP contribution is 2.24.